The second-order valence-electron chi connectivity index (χ2n) is 6.77. The van der Waals surface area contributed by atoms with Gasteiger partial charge in [0.25, 0.3) is 5.91 Å². The van der Waals surface area contributed by atoms with Gasteiger partial charge in [-0.05, 0) is 24.5 Å². The zero-order chi connectivity index (χ0) is 18.2. The van der Waals surface area contributed by atoms with Gasteiger partial charge in [0.15, 0.2) is 0 Å². The number of aromatic nitrogens is 1. The summed E-state index contributed by atoms with van der Waals surface area (Å²) in [5.41, 5.74) is 7.56. The van der Waals surface area contributed by atoms with E-state index in [0.717, 1.165) is 18.2 Å². The van der Waals surface area contributed by atoms with E-state index in [1.807, 2.05) is 12.1 Å². The molecule has 2 aromatic rings. The monoisotopic (exact) mass is 343 g/mol. The van der Waals surface area contributed by atoms with Crippen molar-refractivity contribution in [1.82, 2.24) is 10.3 Å². The number of pyridine rings is 1. The number of nitrogens with one attached hydrogen (secondary N) is 1. The zero-order valence-electron chi connectivity index (χ0n) is 15.5. The van der Waals surface area contributed by atoms with Crippen molar-refractivity contribution in [2.24, 2.45) is 5.92 Å². The van der Waals surface area contributed by atoms with Gasteiger partial charge in [0.1, 0.15) is 11.4 Å². The van der Waals surface area contributed by atoms with Gasteiger partial charge < -0.3 is 15.8 Å². The molecule has 0 saturated carbocycles. The lowest BCUT2D eigenvalue weighted by atomic mass is 10.1. The van der Waals surface area contributed by atoms with Crippen molar-refractivity contribution in [2.75, 3.05) is 18.9 Å². The number of carbonyl (C=O) groups excluding carboxylic acids is 1. The lowest BCUT2D eigenvalue weighted by molar-refractivity contribution is 0.0948. The topological polar surface area (TPSA) is 77.2 Å². The molecule has 0 aliphatic rings. The summed E-state index contributed by atoms with van der Waals surface area (Å²) >= 11 is 0. The largest absolute Gasteiger partial charge is 0.493 e. The van der Waals surface area contributed by atoms with E-state index in [0.29, 0.717) is 41.7 Å². The third-order valence-corrected chi connectivity index (χ3v) is 3.95. The van der Waals surface area contributed by atoms with Crippen LogP contribution in [-0.2, 0) is 0 Å². The van der Waals surface area contributed by atoms with E-state index in [1.54, 1.807) is 12.1 Å². The predicted molar refractivity (Wildman–Crippen MR) is 103 cm³/mol. The molecule has 0 atom stereocenters. The molecular formula is C20H29N3O2. The highest BCUT2D eigenvalue weighted by Crippen LogP contribution is 2.29. The van der Waals surface area contributed by atoms with Crippen LogP contribution in [0.15, 0.2) is 24.3 Å². The van der Waals surface area contributed by atoms with E-state index in [1.165, 1.54) is 12.8 Å². The van der Waals surface area contributed by atoms with Crippen LogP contribution in [0.5, 0.6) is 5.75 Å². The quantitative estimate of drug-likeness (QED) is 0.529. The first-order chi connectivity index (χ1) is 12.0. The molecule has 2 rings (SSSR count). The number of nitrogens with zero attached hydrogens (tertiary/aromatic N) is 1. The Balaban J connectivity index is 2.21. The fourth-order valence-electron chi connectivity index (χ4n) is 2.58. The van der Waals surface area contributed by atoms with Crippen LogP contribution in [0.25, 0.3) is 10.9 Å². The first-order valence-corrected chi connectivity index (χ1v) is 9.13. The minimum Gasteiger partial charge on any atom is -0.493 e. The minimum absolute atomic E-state index is 0.184. The number of para-hydroxylation sites is 1. The van der Waals surface area contributed by atoms with Crippen molar-refractivity contribution in [3.8, 4) is 5.75 Å². The molecule has 0 aliphatic carbocycles. The molecular weight excluding hydrogens is 314 g/mol. The van der Waals surface area contributed by atoms with Crippen molar-refractivity contribution >= 4 is 22.5 Å². The third kappa shape index (κ3) is 5.34. The average molecular weight is 343 g/mol. The summed E-state index contributed by atoms with van der Waals surface area (Å²) in [4.78, 5) is 16.9. The Hall–Kier alpha value is -2.30. The highest BCUT2D eigenvalue weighted by atomic mass is 16.5. The Labute approximate surface area is 150 Å². The molecule has 1 amide bonds. The van der Waals surface area contributed by atoms with E-state index in [2.05, 4.69) is 31.1 Å². The first-order valence-electron chi connectivity index (χ1n) is 9.13. The molecule has 0 unspecified atom stereocenters. The van der Waals surface area contributed by atoms with Gasteiger partial charge in [-0.15, -0.1) is 0 Å². The fourth-order valence-corrected chi connectivity index (χ4v) is 2.58. The lowest BCUT2D eigenvalue weighted by Gasteiger charge is -2.14. The normalized spacial score (nSPS) is 11.0. The van der Waals surface area contributed by atoms with Gasteiger partial charge in [-0.2, -0.15) is 0 Å². The molecule has 0 fully saturated rings. The molecule has 3 N–H and O–H groups in total. The number of unbranched alkanes of at least 4 members (excludes halogenated alkanes) is 3. The molecule has 0 bridgehead atoms. The van der Waals surface area contributed by atoms with Crippen molar-refractivity contribution in [3.05, 3.63) is 30.0 Å². The molecule has 1 aromatic heterocycles. The van der Waals surface area contributed by atoms with Crippen molar-refractivity contribution in [3.63, 3.8) is 0 Å². The molecule has 25 heavy (non-hydrogen) atoms. The van der Waals surface area contributed by atoms with E-state index >= 15 is 0 Å². The molecule has 0 radical (unpaired) electrons. The van der Waals surface area contributed by atoms with Crippen molar-refractivity contribution < 1.29 is 9.53 Å². The number of anilines is 1. The van der Waals surface area contributed by atoms with Crippen LogP contribution in [0.2, 0.25) is 0 Å². The van der Waals surface area contributed by atoms with Crippen LogP contribution in [0, 0.1) is 5.92 Å². The van der Waals surface area contributed by atoms with Crippen molar-refractivity contribution in [2.45, 2.75) is 46.5 Å². The van der Waals surface area contributed by atoms with Gasteiger partial charge in [-0.3, -0.25) is 4.79 Å². The average Bonchev–Trinajstić information content (AvgIpc) is 2.59. The molecule has 0 aliphatic heterocycles. The van der Waals surface area contributed by atoms with Gasteiger partial charge in [0.05, 0.1) is 17.8 Å². The second kappa shape index (κ2) is 9.25. The fraction of sp³-hybridized carbons (Fsp3) is 0.500. The number of nitrogen functional groups attached to an aromatic ring is 1. The van der Waals surface area contributed by atoms with Crippen LogP contribution in [-0.4, -0.2) is 24.0 Å². The number of fused-ring (bicyclic) bond motifs is 1. The summed E-state index contributed by atoms with van der Waals surface area (Å²) in [5, 5.41) is 3.77. The summed E-state index contributed by atoms with van der Waals surface area (Å²) < 4.78 is 5.91. The number of amides is 1. The van der Waals surface area contributed by atoms with Gasteiger partial charge in [-0.1, -0.05) is 46.1 Å². The number of benzene rings is 1. The second-order valence-corrected chi connectivity index (χ2v) is 6.77. The van der Waals surface area contributed by atoms with Gasteiger partial charge >= 0.3 is 0 Å². The van der Waals surface area contributed by atoms with Gasteiger partial charge in [0.2, 0.25) is 0 Å². The lowest BCUT2D eigenvalue weighted by Crippen LogP contribution is -2.25. The van der Waals surface area contributed by atoms with Crippen LogP contribution in [0.3, 0.4) is 0 Å². The van der Waals surface area contributed by atoms with E-state index < -0.39 is 0 Å². The molecule has 5 nitrogen and oxygen atoms in total. The minimum atomic E-state index is -0.184. The number of carbonyl (C=O) groups is 1. The van der Waals surface area contributed by atoms with Crippen LogP contribution >= 0.6 is 0 Å². The van der Waals surface area contributed by atoms with Crippen LogP contribution < -0.4 is 15.8 Å². The number of nitrogens with two attached hydrogens (primary N) is 1. The standard InChI is InChI=1S/C20H29N3O2/c1-4-5-6-7-11-22-20(24)17-12-18(25-13-14(2)3)15-9-8-10-16(21)19(15)23-17/h8-10,12,14H,4-7,11,13,21H2,1-3H3,(H,22,24). The Bertz CT molecular complexity index is 713. The maximum absolute atomic E-state index is 12.5. The van der Waals surface area contributed by atoms with Crippen molar-refractivity contribution in [1.29, 1.82) is 0 Å². The van der Waals surface area contributed by atoms with Gasteiger partial charge in [-0.25, -0.2) is 4.98 Å². The zero-order valence-corrected chi connectivity index (χ0v) is 15.5. The first kappa shape index (κ1) is 19.0. The molecule has 136 valence electrons. The predicted octanol–water partition coefficient (Wildman–Crippen LogP) is 4.16. The summed E-state index contributed by atoms with van der Waals surface area (Å²) in [6.45, 7) is 7.57. The SMILES string of the molecule is CCCCCCNC(=O)c1cc(OCC(C)C)c2cccc(N)c2n1. The van der Waals surface area contributed by atoms with E-state index in [4.69, 9.17) is 10.5 Å². The summed E-state index contributed by atoms with van der Waals surface area (Å²) in [6.07, 6.45) is 4.47. The smallest absolute Gasteiger partial charge is 0.270 e. The van der Waals surface area contributed by atoms with E-state index in [9.17, 15) is 4.79 Å². The highest BCUT2D eigenvalue weighted by Gasteiger charge is 2.14. The summed E-state index contributed by atoms with van der Waals surface area (Å²) in [6, 6.07) is 7.29. The molecule has 1 heterocycles. The third-order valence-electron chi connectivity index (χ3n) is 3.95. The maximum atomic E-state index is 12.5. The van der Waals surface area contributed by atoms with E-state index in [-0.39, 0.29) is 5.91 Å². The molecule has 0 saturated heterocycles. The Kier molecular flexibility index (Phi) is 7.04. The molecule has 0 spiro atoms. The molecule has 5 heteroatoms. The van der Waals surface area contributed by atoms with Crippen LogP contribution in [0.1, 0.15) is 56.9 Å². The maximum Gasteiger partial charge on any atom is 0.270 e. The number of rotatable bonds is 9. The Morgan fingerprint density at radius 3 is 2.80 bits per heavy atom. The summed E-state index contributed by atoms with van der Waals surface area (Å²) in [7, 11) is 0. The Morgan fingerprint density at radius 1 is 1.28 bits per heavy atom. The molecule has 1 aromatic carbocycles. The number of ether oxygens (including phenoxy) is 1. The van der Waals surface area contributed by atoms with Gasteiger partial charge in [0, 0.05) is 18.0 Å². The van der Waals surface area contributed by atoms with Crippen LogP contribution in [0.4, 0.5) is 5.69 Å². The number of hydrogen-bond donors (Lipinski definition) is 2. The highest BCUT2D eigenvalue weighted by molar-refractivity contribution is 6.00. The Morgan fingerprint density at radius 2 is 2.08 bits per heavy atom. The number of hydrogen-bond acceptors (Lipinski definition) is 4. The summed E-state index contributed by atoms with van der Waals surface area (Å²) in [5.74, 6) is 0.860.